The average Bonchev–Trinajstić information content (AvgIpc) is 3.17. The minimum absolute atomic E-state index is 0.0642. The number of aromatic nitrogens is 3. The molecule has 1 saturated heterocycles. The second-order valence-electron chi connectivity index (χ2n) is 5.24. The predicted molar refractivity (Wildman–Crippen MR) is 82.7 cm³/mol. The van der Waals surface area contributed by atoms with E-state index >= 15 is 0 Å². The molecule has 3 rings (SSSR count). The van der Waals surface area contributed by atoms with Crippen LogP contribution in [0.4, 0.5) is 4.39 Å². The van der Waals surface area contributed by atoms with E-state index in [1.807, 2.05) is 4.57 Å². The summed E-state index contributed by atoms with van der Waals surface area (Å²) in [6, 6.07) is 6.00. The van der Waals surface area contributed by atoms with Crippen molar-refractivity contribution in [3.63, 3.8) is 0 Å². The lowest BCUT2D eigenvalue weighted by molar-refractivity contribution is -0.133. The molecule has 0 saturated carbocycles. The van der Waals surface area contributed by atoms with Gasteiger partial charge in [-0.1, -0.05) is 11.8 Å². The third kappa shape index (κ3) is 3.89. The van der Waals surface area contributed by atoms with Crippen molar-refractivity contribution >= 4 is 17.7 Å². The Morgan fingerprint density at radius 2 is 2.17 bits per heavy atom. The number of benzene rings is 1. The van der Waals surface area contributed by atoms with Gasteiger partial charge in [0, 0.05) is 12.2 Å². The molecule has 1 aliphatic heterocycles. The zero-order valence-corrected chi connectivity index (χ0v) is 13.1. The van der Waals surface area contributed by atoms with Crippen LogP contribution in [0.2, 0.25) is 0 Å². The molecule has 1 aliphatic rings. The van der Waals surface area contributed by atoms with E-state index in [1.54, 1.807) is 12.1 Å². The van der Waals surface area contributed by atoms with Gasteiger partial charge in [0.15, 0.2) is 11.0 Å². The summed E-state index contributed by atoms with van der Waals surface area (Å²) < 4.78 is 20.6. The summed E-state index contributed by atoms with van der Waals surface area (Å²) in [5, 5.41) is 17.6. The smallest absolute Gasteiger partial charge is 0.313 e. The zero-order chi connectivity index (χ0) is 16.2. The topological polar surface area (TPSA) is 77.2 Å². The highest BCUT2D eigenvalue weighted by Crippen LogP contribution is 2.26. The largest absolute Gasteiger partial charge is 0.481 e. The number of hydrogen-bond acceptors (Lipinski definition) is 5. The van der Waals surface area contributed by atoms with E-state index in [4.69, 9.17) is 9.84 Å². The Morgan fingerprint density at radius 1 is 1.39 bits per heavy atom. The number of ether oxygens (including phenoxy) is 1. The molecule has 2 heterocycles. The first-order valence-corrected chi connectivity index (χ1v) is 8.27. The Labute approximate surface area is 136 Å². The molecule has 0 unspecified atom stereocenters. The zero-order valence-electron chi connectivity index (χ0n) is 12.3. The molecule has 2 aromatic rings. The quantitative estimate of drug-likeness (QED) is 0.816. The van der Waals surface area contributed by atoms with Gasteiger partial charge in [-0.05, 0) is 37.1 Å². The number of hydrogen-bond donors (Lipinski definition) is 1. The number of aliphatic carboxylic acids is 1. The molecule has 0 bridgehead atoms. The Balaban J connectivity index is 1.90. The summed E-state index contributed by atoms with van der Waals surface area (Å²) in [6.45, 7) is 1.29. The molecule has 6 nitrogen and oxygen atoms in total. The van der Waals surface area contributed by atoms with E-state index in [0.717, 1.165) is 36.8 Å². The molecule has 1 N–H and O–H groups in total. The van der Waals surface area contributed by atoms with Crippen molar-refractivity contribution in [2.45, 2.75) is 30.6 Å². The normalized spacial score (nSPS) is 17.5. The molecule has 0 amide bonds. The van der Waals surface area contributed by atoms with Crippen molar-refractivity contribution < 1.29 is 19.0 Å². The maximum absolute atomic E-state index is 13.1. The van der Waals surface area contributed by atoms with Gasteiger partial charge in [-0.3, -0.25) is 9.36 Å². The van der Waals surface area contributed by atoms with Gasteiger partial charge in [0.2, 0.25) is 0 Å². The van der Waals surface area contributed by atoms with Gasteiger partial charge in [-0.25, -0.2) is 4.39 Å². The summed E-state index contributed by atoms with van der Waals surface area (Å²) in [5.74, 6) is -0.731. The number of thioether (sulfide) groups is 1. The first-order chi connectivity index (χ1) is 11.1. The molecule has 23 heavy (non-hydrogen) atoms. The van der Waals surface area contributed by atoms with Gasteiger partial charge in [-0.2, -0.15) is 0 Å². The monoisotopic (exact) mass is 337 g/mol. The van der Waals surface area contributed by atoms with Gasteiger partial charge in [0.1, 0.15) is 5.82 Å². The predicted octanol–water partition coefficient (Wildman–Crippen LogP) is 2.44. The Bertz CT molecular complexity index is 684. The van der Waals surface area contributed by atoms with Crippen LogP contribution in [0.15, 0.2) is 29.4 Å². The summed E-state index contributed by atoms with van der Waals surface area (Å²) in [4.78, 5) is 10.8. The number of nitrogens with zero attached hydrogens (tertiary/aromatic N) is 3. The lowest BCUT2D eigenvalue weighted by atomic mass is 10.2. The third-order valence-corrected chi connectivity index (χ3v) is 4.51. The van der Waals surface area contributed by atoms with Crippen molar-refractivity contribution in [1.29, 1.82) is 0 Å². The van der Waals surface area contributed by atoms with Crippen LogP contribution in [-0.4, -0.2) is 44.3 Å². The standard InChI is InChI=1S/C15H16FN3O3S/c16-11-5-3-10(4-6-11)14-17-18-15(23-9-13(20)21)19(14)8-12-2-1-7-22-12/h3-6,12H,1-2,7-9H2,(H,20,21)/t12-/m1/s1. The van der Waals surface area contributed by atoms with Crippen LogP contribution >= 0.6 is 11.8 Å². The van der Waals surface area contributed by atoms with Gasteiger partial charge in [0.05, 0.1) is 18.4 Å². The molecule has 1 aromatic heterocycles. The molecule has 1 fully saturated rings. The summed E-state index contributed by atoms with van der Waals surface area (Å²) in [6.07, 6.45) is 2.02. The minimum Gasteiger partial charge on any atom is -0.481 e. The first-order valence-electron chi connectivity index (χ1n) is 7.29. The maximum atomic E-state index is 13.1. The number of carboxylic acid groups (broad SMARTS) is 1. The fraction of sp³-hybridized carbons (Fsp3) is 0.400. The van der Waals surface area contributed by atoms with Crippen molar-refractivity contribution in [2.75, 3.05) is 12.4 Å². The van der Waals surface area contributed by atoms with Gasteiger partial charge >= 0.3 is 5.97 Å². The third-order valence-electron chi connectivity index (χ3n) is 3.55. The molecule has 0 radical (unpaired) electrons. The van der Waals surface area contributed by atoms with Gasteiger partial charge < -0.3 is 9.84 Å². The average molecular weight is 337 g/mol. The Hall–Kier alpha value is -1.93. The Morgan fingerprint density at radius 3 is 2.83 bits per heavy atom. The maximum Gasteiger partial charge on any atom is 0.313 e. The second-order valence-corrected chi connectivity index (χ2v) is 6.18. The van der Waals surface area contributed by atoms with Crippen molar-refractivity contribution in [2.24, 2.45) is 0 Å². The van der Waals surface area contributed by atoms with Crippen LogP contribution in [0.25, 0.3) is 11.4 Å². The van der Waals surface area contributed by atoms with E-state index in [1.165, 1.54) is 12.1 Å². The minimum atomic E-state index is -0.912. The van der Waals surface area contributed by atoms with Crippen LogP contribution in [0.3, 0.4) is 0 Å². The molecule has 8 heteroatoms. The fourth-order valence-electron chi connectivity index (χ4n) is 2.49. The lowest BCUT2D eigenvalue weighted by Gasteiger charge is -2.14. The highest BCUT2D eigenvalue weighted by molar-refractivity contribution is 7.99. The SMILES string of the molecule is O=C(O)CSc1nnc(-c2ccc(F)cc2)n1C[C@H]1CCCO1. The van der Waals surface area contributed by atoms with Crippen LogP contribution in [0.1, 0.15) is 12.8 Å². The molecule has 0 aliphatic carbocycles. The van der Waals surface area contributed by atoms with E-state index in [0.29, 0.717) is 17.5 Å². The van der Waals surface area contributed by atoms with Crippen LogP contribution in [0, 0.1) is 5.82 Å². The van der Waals surface area contributed by atoms with E-state index in [-0.39, 0.29) is 17.7 Å². The summed E-state index contributed by atoms with van der Waals surface area (Å²) >= 11 is 1.12. The van der Waals surface area contributed by atoms with E-state index < -0.39 is 5.97 Å². The molecule has 122 valence electrons. The summed E-state index contributed by atoms with van der Waals surface area (Å²) in [7, 11) is 0. The van der Waals surface area contributed by atoms with Crippen LogP contribution in [-0.2, 0) is 16.1 Å². The fourth-order valence-corrected chi connectivity index (χ4v) is 3.16. The van der Waals surface area contributed by atoms with Crippen molar-refractivity contribution in [3.8, 4) is 11.4 Å². The second kappa shape index (κ2) is 7.10. The number of halogens is 1. The highest BCUT2D eigenvalue weighted by atomic mass is 32.2. The first kappa shape index (κ1) is 15.9. The highest BCUT2D eigenvalue weighted by Gasteiger charge is 2.22. The number of carboxylic acids is 1. The Kier molecular flexibility index (Phi) is 4.92. The molecule has 0 spiro atoms. The molecular formula is C15H16FN3O3S. The van der Waals surface area contributed by atoms with E-state index in [2.05, 4.69) is 10.2 Å². The van der Waals surface area contributed by atoms with Crippen LogP contribution in [0.5, 0.6) is 0 Å². The van der Waals surface area contributed by atoms with Crippen LogP contribution < -0.4 is 0 Å². The van der Waals surface area contributed by atoms with Gasteiger partial charge in [-0.15, -0.1) is 10.2 Å². The van der Waals surface area contributed by atoms with Crippen molar-refractivity contribution in [1.82, 2.24) is 14.8 Å². The number of rotatable bonds is 6. The number of carbonyl (C=O) groups is 1. The summed E-state index contributed by atoms with van der Waals surface area (Å²) in [5.41, 5.74) is 0.735. The van der Waals surface area contributed by atoms with Crippen molar-refractivity contribution in [3.05, 3.63) is 30.1 Å². The van der Waals surface area contributed by atoms with Gasteiger partial charge in [0.25, 0.3) is 0 Å². The molecular weight excluding hydrogens is 321 g/mol. The molecule has 1 atom stereocenters. The molecule has 1 aromatic carbocycles. The van der Waals surface area contributed by atoms with E-state index in [9.17, 15) is 9.18 Å². The lowest BCUT2D eigenvalue weighted by Crippen LogP contribution is -2.17.